The summed E-state index contributed by atoms with van der Waals surface area (Å²) in [5, 5.41) is 60.8. The smallest absolute Gasteiger partial charge is 0.326 e. The molecule has 203 valence electrons. The highest BCUT2D eigenvalue weighted by Gasteiger charge is 2.30. The summed E-state index contributed by atoms with van der Waals surface area (Å²) in [4.78, 5) is 44.9. The van der Waals surface area contributed by atoms with Gasteiger partial charge in [-0.2, -0.15) is 0 Å². The van der Waals surface area contributed by atoms with E-state index in [0.717, 1.165) is 38.5 Å². The molecule has 12 heteroatoms. The highest BCUT2D eigenvalue weighted by molar-refractivity contribution is 5.83. The van der Waals surface area contributed by atoms with E-state index in [2.05, 4.69) is 10.6 Å². The molecular weight excluding hydrogens is 464 g/mol. The summed E-state index contributed by atoms with van der Waals surface area (Å²) in [5.74, 6) is -1.82. The number of aliphatic carboxylic acids is 1. The maximum atomic E-state index is 11.8. The molecule has 35 heavy (non-hydrogen) atoms. The number of hydrogen-bond acceptors (Lipinski definition) is 9. The Bertz CT molecular complexity index is 619. The Morgan fingerprint density at radius 2 is 1.23 bits per heavy atom. The van der Waals surface area contributed by atoms with Crippen LogP contribution in [0.15, 0.2) is 0 Å². The highest BCUT2D eigenvalue weighted by Crippen LogP contribution is 2.11. The van der Waals surface area contributed by atoms with Crippen LogP contribution in [-0.2, 0) is 19.2 Å². The Labute approximate surface area is 205 Å². The van der Waals surface area contributed by atoms with Crippen LogP contribution in [0.2, 0.25) is 0 Å². The summed E-state index contributed by atoms with van der Waals surface area (Å²) in [6.45, 7) is -1.06. The van der Waals surface area contributed by atoms with Gasteiger partial charge in [-0.05, 0) is 19.3 Å². The van der Waals surface area contributed by atoms with Crippen LogP contribution in [0.4, 0.5) is 0 Å². The van der Waals surface area contributed by atoms with E-state index in [1.165, 1.54) is 0 Å². The molecule has 1 radical (unpaired) electrons. The van der Waals surface area contributed by atoms with E-state index in [9.17, 15) is 39.6 Å². The molecule has 0 fully saturated rings. The van der Waals surface area contributed by atoms with E-state index < -0.39 is 43.0 Å². The molecule has 0 saturated carbocycles. The molecule has 8 N–H and O–H groups in total. The first-order chi connectivity index (χ1) is 16.6. The van der Waals surface area contributed by atoms with Crippen LogP contribution in [-0.4, -0.2) is 98.3 Å². The van der Waals surface area contributed by atoms with E-state index in [0.29, 0.717) is 12.8 Å². The minimum Gasteiger partial charge on any atom is -0.480 e. The lowest BCUT2D eigenvalue weighted by Gasteiger charge is -2.25. The third-order valence-corrected chi connectivity index (χ3v) is 5.56. The van der Waals surface area contributed by atoms with Gasteiger partial charge >= 0.3 is 5.97 Å². The number of carbonyl (C=O) groups is 3. The Kier molecular flexibility index (Phi) is 18.9. The summed E-state index contributed by atoms with van der Waals surface area (Å²) in [6, 6.07) is -1.07. The molecule has 12 nitrogen and oxygen atoms in total. The van der Waals surface area contributed by atoms with Crippen LogP contribution in [0, 0.1) is 0 Å². The van der Waals surface area contributed by atoms with E-state index in [-0.39, 0.29) is 44.0 Å². The Morgan fingerprint density at radius 3 is 1.71 bits per heavy atom. The number of carboxylic acids is 1. The van der Waals surface area contributed by atoms with Crippen molar-refractivity contribution in [3.8, 4) is 0 Å². The summed E-state index contributed by atoms with van der Waals surface area (Å²) in [6.07, 6.45) is 2.39. The molecule has 5 atom stereocenters. The van der Waals surface area contributed by atoms with Gasteiger partial charge in [-0.3, -0.25) is 14.4 Å². The van der Waals surface area contributed by atoms with E-state index in [1.54, 1.807) is 6.29 Å². The average Bonchev–Trinajstić information content (AvgIpc) is 2.84. The van der Waals surface area contributed by atoms with Crippen molar-refractivity contribution >= 4 is 24.1 Å². The van der Waals surface area contributed by atoms with Crippen molar-refractivity contribution in [2.24, 2.45) is 0 Å². The molecular formula is C23H41N2O10. The molecule has 2 amide bonds. The fraction of sp³-hybridized carbons (Fsp3) is 0.826. The molecule has 0 aliphatic carbocycles. The maximum Gasteiger partial charge on any atom is 0.326 e. The zero-order chi connectivity index (χ0) is 26.6. The molecule has 0 rings (SSSR count). The molecule has 0 aromatic heterocycles. The molecule has 0 aliphatic heterocycles. The van der Waals surface area contributed by atoms with E-state index in [1.807, 2.05) is 0 Å². The number of carboxylic acid groups (broad SMARTS) is 1. The number of amides is 2. The van der Waals surface area contributed by atoms with Crippen LogP contribution < -0.4 is 10.6 Å². The van der Waals surface area contributed by atoms with Gasteiger partial charge in [0, 0.05) is 25.8 Å². The van der Waals surface area contributed by atoms with Gasteiger partial charge in [0.2, 0.25) is 11.8 Å². The highest BCUT2D eigenvalue weighted by atomic mass is 16.4. The normalized spacial score (nSPS) is 15.5. The summed E-state index contributed by atoms with van der Waals surface area (Å²) < 4.78 is 0. The third kappa shape index (κ3) is 16.2. The molecule has 0 aromatic rings. The molecule has 0 spiro atoms. The second kappa shape index (κ2) is 20.1. The number of nitrogens with one attached hydrogen (secondary N) is 2. The number of hydrogen-bond donors (Lipinski definition) is 8. The first-order valence-corrected chi connectivity index (χ1v) is 12.1. The summed E-state index contributed by atoms with van der Waals surface area (Å²) in [7, 11) is 0. The second-order valence-electron chi connectivity index (χ2n) is 8.57. The molecule has 0 bridgehead atoms. The lowest BCUT2D eigenvalue weighted by atomic mass is 10.0. The SMILES string of the molecule is O=[C]CC[C@H](NC(=O)CCCCCCCCCCC(=O)NC[C@H](O)[C@@H](O)[C@H](O)[C@H](O)CO)C(=O)O. The number of unbranched alkanes of at least 4 members (excludes halogenated alkanes) is 7. The average molecular weight is 506 g/mol. The van der Waals surface area contributed by atoms with Crippen molar-refractivity contribution in [3.05, 3.63) is 0 Å². The zero-order valence-electron chi connectivity index (χ0n) is 20.1. The van der Waals surface area contributed by atoms with Crippen molar-refractivity contribution in [2.75, 3.05) is 13.2 Å². The van der Waals surface area contributed by atoms with Gasteiger partial charge in [-0.25, -0.2) is 4.79 Å². The van der Waals surface area contributed by atoms with Crippen LogP contribution >= 0.6 is 0 Å². The van der Waals surface area contributed by atoms with E-state index >= 15 is 0 Å². The fourth-order valence-electron chi connectivity index (χ4n) is 3.35. The monoisotopic (exact) mass is 505 g/mol. The zero-order valence-corrected chi connectivity index (χ0v) is 20.1. The van der Waals surface area contributed by atoms with Gasteiger partial charge in [0.05, 0.1) is 12.7 Å². The minimum atomic E-state index is -1.73. The fourth-order valence-corrected chi connectivity index (χ4v) is 3.35. The standard InChI is InChI=1S/C23H41N2O10/c26-13-9-10-16(23(34)35)25-20(31)12-8-6-4-2-1-3-5-7-11-19(30)24-14-17(28)21(32)22(33)18(29)15-27/h16-18,21-22,27-29,32-33H,1-12,14-15H2,(H,24,30)(H,25,31)(H,34,35)/t16-,17-,18+,21+,22+/m0/s1. The number of aliphatic hydroxyl groups excluding tert-OH is 5. The van der Waals surface area contributed by atoms with E-state index in [4.69, 9.17) is 10.2 Å². The first kappa shape index (κ1) is 32.9. The molecule has 0 unspecified atom stereocenters. The van der Waals surface area contributed by atoms with Crippen LogP contribution in [0.3, 0.4) is 0 Å². The van der Waals surface area contributed by atoms with Crippen molar-refractivity contribution in [1.29, 1.82) is 0 Å². The van der Waals surface area contributed by atoms with Crippen molar-refractivity contribution in [3.63, 3.8) is 0 Å². The van der Waals surface area contributed by atoms with Crippen molar-refractivity contribution in [1.82, 2.24) is 10.6 Å². The predicted octanol–water partition coefficient (Wildman–Crippen LogP) is -1.10. The van der Waals surface area contributed by atoms with Crippen molar-refractivity contribution < 1.29 is 49.8 Å². The lowest BCUT2D eigenvalue weighted by molar-refractivity contribution is -0.142. The molecule has 0 saturated heterocycles. The quantitative estimate of drug-likeness (QED) is 0.0831. The number of aliphatic hydroxyl groups is 5. The third-order valence-electron chi connectivity index (χ3n) is 5.56. The lowest BCUT2D eigenvalue weighted by Crippen LogP contribution is -2.49. The van der Waals surface area contributed by atoms with Crippen LogP contribution in [0.1, 0.15) is 77.0 Å². The Hall–Kier alpha value is -2.12. The number of rotatable bonds is 22. The van der Waals surface area contributed by atoms with Gasteiger partial charge in [0.15, 0.2) is 6.29 Å². The number of carbonyl (C=O) groups excluding carboxylic acids is 3. The first-order valence-electron chi connectivity index (χ1n) is 12.1. The Morgan fingerprint density at radius 1 is 0.743 bits per heavy atom. The van der Waals surface area contributed by atoms with Crippen LogP contribution in [0.25, 0.3) is 0 Å². The van der Waals surface area contributed by atoms with Crippen molar-refractivity contribution in [2.45, 2.75) is 108 Å². The molecule has 0 aromatic carbocycles. The second-order valence-corrected chi connectivity index (χ2v) is 8.57. The van der Waals surface area contributed by atoms with Gasteiger partial charge in [-0.15, -0.1) is 0 Å². The Balaban J connectivity index is 3.73. The predicted molar refractivity (Wildman–Crippen MR) is 125 cm³/mol. The summed E-state index contributed by atoms with van der Waals surface area (Å²) in [5.41, 5.74) is 0. The van der Waals surface area contributed by atoms with Gasteiger partial charge in [0.25, 0.3) is 0 Å². The minimum absolute atomic E-state index is 0.0257. The molecule has 0 heterocycles. The van der Waals surface area contributed by atoms with Crippen LogP contribution in [0.5, 0.6) is 0 Å². The maximum absolute atomic E-state index is 11.8. The van der Waals surface area contributed by atoms with Gasteiger partial charge in [-0.1, -0.05) is 38.5 Å². The van der Waals surface area contributed by atoms with Gasteiger partial charge < -0.3 is 41.3 Å². The summed E-state index contributed by atoms with van der Waals surface area (Å²) >= 11 is 0. The molecule has 0 aliphatic rings. The van der Waals surface area contributed by atoms with Gasteiger partial charge in [0.1, 0.15) is 24.4 Å². The topological polar surface area (TPSA) is 214 Å². The largest absolute Gasteiger partial charge is 0.480 e.